The van der Waals surface area contributed by atoms with Crippen molar-refractivity contribution < 1.29 is 9.53 Å². The van der Waals surface area contributed by atoms with Gasteiger partial charge in [-0.25, -0.2) is 0 Å². The fraction of sp³-hybridized carbons (Fsp3) is 0.320. The van der Waals surface area contributed by atoms with Crippen LogP contribution >= 0.6 is 11.8 Å². The van der Waals surface area contributed by atoms with Crippen LogP contribution in [-0.4, -0.2) is 26.4 Å². The van der Waals surface area contributed by atoms with Crippen LogP contribution in [0.2, 0.25) is 0 Å². The molecule has 1 aromatic heterocycles. The quantitative estimate of drug-likeness (QED) is 0.326. The van der Waals surface area contributed by atoms with Crippen LogP contribution in [0.3, 0.4) is 0 Å². The van der Waals surface area contributed by atoms with E-state index in [-0.39, 0.29) is 17.8 Å². The van der Waals surface area contributed by atoms with Crippen molar-refractivity contribution in [3.05, 3.63) is 77.6 Å². The van der Waals surface area contributed by atoms with Crippen LogP contribution in [0.25, 0.3) is 0 Å². The lowest BCUT2D eigenvalue weighted by atomic mass is 10.1. The van der Waals surface area contributed by atoms with Crippen molar-refractivity contribution in [2.24, 2.45) is 0 Å². The van der Waals surface area contributed by atoms with Gasteiger partial charge in [0.1, 0.15) is 5.75 Å². The summed E-state index contributed by atoms with van der Waals surface area (Å²) >= 11 is 1.35. The Labute approximate surface area is 194 Å². The molecule has 3 aromatic rings. The maximum absolute atomic E-state index is 12.4. The number of amides is 1. The standard InChI is InChI=1S/C25H30N4O2S/c1-6-12-29-24(19(5)31-22-14-17(3)13-18(4)15-22)27-28-25(29)32-16-23(30)26-21-10-8-20(7-2)9-11-21/h6,8-11,13-15,19H,1,7,12,16H2,2-5H3,(H,26,30). The molecule has 0 spiro atoms. The van der Waals surface area contributed by atoms with Gasteiger partial charge in [-0.05, 0) is 68.1 Å². The molecule has 1 N–H and O–H groups in total. The van der Waals surface area contributed by atoms with E-state index in [4.69, 9.17) is 4.74 Å². The molecule has 0 fully saturated rings. The largest absolute Gasteiger partial charge is 0.483 e. The summed E-state index contributed by atoms with van der Waals surface area (Å²) in [6.07, 6.45) is 2.45. The van der Waals surface area contributed by atoms with Crippen LogP contribution < -0.4 is 10.1 Å². The second kappa shape index (κ2) is 11.0. The Balaban J connectivity index is 1.66. The Morgan fingerprint density at radius 2 is 1.88 bits per heavy atom. The minimum Gasteiger partial charge on any atom is -0.483 e. The summed E-state index contributed by atoms with van der Waals surface area (Å²) in [6.45, 7) is 12.5. The summed E-state index contributed by atoms with van der Waals surface area (Å²) in [4.78, 5) is 12.4. The molecule has 32 heavy (non-hydrogen) atoms. The van der Waals surface area contributed by atoms with Crippen LogP contribution in [0.4, 0.5) is 5.69 Å². The summed E-state index contributed by atoms with van der Waals surface area (Å²) in [7, 11) is 0. The van der Waals surface area contributed by atoms with Crippen molar-refractivity contribution >= 4 is 23.4 Å². The van der Waals surface area contributed by atoms with E-state index in [0.29, 0.717) is 17.5 Å². The molecule has 1 atom stereocenters. The van der Waals surface area contributed by atoms with E-state index in [2.05, 4.69) is 35.1 Å². The van der Waals surface area contributed by atoms with Gasteiger partial charge in [0.25, 0.3) is 0 Å². The van der Waals surface area contributed by atoms with E-state index in [9.17, 15) is 4.79 Å². The highest BCUT2D eigenvalue weighted by molar-refractivity contribution is 7.99. The Morgan fingerprint density at radius 3 is 2.50 bits per heavy atom. The average molecular weight is 451 g/mol. The summed E-state index contributed by atoms with van der Waals surface area (Å²) in [6, 6.07) is 14.0. The summed E-state index contributed by atoms with van der Waals surface area (Å²) in [5.41, 5.74) is 4.31. The number of nitrogens with one attached hydrogen (secondary N) is 1. The van der Waals surface area contributed by atoms with Gasteiger partial charge in [0.05, 0.1) is 5.75 Å². The van der Waals surface area contributed by atoms with Crippen LogP contribution in [0.15, 0.2) is 60.3 Å². The molecule has 0 radical (unpaired) electrons. The van der Waals surface area contributed by atoms with E-state index in [1.165, 1.54) is 17.3 Å². The van der Waals surface area contributed by atoms with Crippen molar-refractivity contribution in [2.75, 3.05) is 11.1 Å². The minimum atomic E-state index is -0.302. The number of benzene rings is 2. The molecule has 2 aromatic carbocycles. The Hall–Kier alpha value is -3.06. The molecule has 0 bridgehead atoms. The number of ether oxygens (including phenoxy) is 1. The molecule has 0 saturated carbocycles. The number of rotatable bonds is 10. The predicted molar refractivity (Wildman–Crippen MR) is 130 cm³/mol. The molecule has 0 aliphatic rings. The van der Waals surface area contributed by atoms with E-state index in [0.717, 1.165) is 29.0 Å². The first kappa shape index (κ1) is 23.6. The summed E-state index contributed by atoms with van der Waals surface area (Å²) in [5.74, 6) is 1.64. The van der Waals surface area contributed by atoms with Crippen molar-refractivity contribution in [3.63, 3.8) is 0 Å². The van der Waals surface area contributed by atoms with Crippen molar-refractivity contribution in [1.82, 2.24) is 14.8 Å². The molecule has 168 valence electrons. The first-order valence-corrected chi connectivity index (χ1v) is 11.7. The fourth-order valence-electron chi connectivity index (χ4n) is 3.42. The smallest absolute Gasteiger partial charge is 0.234 e. The third-order valence-corrected chi connectivity index (χ3v) is 5.87. The molecule has 0 aliphatic heterocycles. The van der Waals surface area contributed by atoms with Gasteiger partial charge in [-0.3, -0.25) is 9.36 Å². The Bertz CT molecular complexity index is 1060. The summed E-state index contributed by atoms with van der Waals surface area (Å²) in [5, 5.41) is 12.2. The second-order valence-electron chi connectivity index (χ2n) is 7.71. The number of aryl methyl sites for hydroxylation is 3. The predicted octanol–water partition coefficient (Wildman–Crippen LogP) is 5.51. The van der Waals surface area contributed by atoms with Gasteiger partial charge in [0.2, 0.25) is 5.91 Å². The molecular formula is C25H30N4O2S. The monoisotopic (exact) mass is 450 g/mol. The van der Waals surface area contributed by atoms with Gasteiger partial charge in [-0.15, -0.1) is 16.8 Å². The number of thioether (sulfide) groups is 1. The van der Waals surface area contributed by atoms with Gasteiger partial charge in [0.15, 0.2) is 17.1 Å². The Morgan fingerprint density at radius 1 is 1.19 bits per heavy atom. The lowest BCUT2D eigenvalue weighted by Crippen LogP contribution is -2.15. The fourth-order valence-corrected chi connectivity index (χ4v) is 4.17. The van der Waals surface area contributed by atoms with E-state index >= 15 is 0 Å². The SMILES string of the molecule is C=CCn1c(SCC(=O)Nc2ccc(CC)cc2)nnc1C(C)Oc1cc(C)cc(C)c1. The number of carbonyl (C=O) groups is 1. The number of nitrogens with zero attached hydrogens (tertiary/aromatic N) is 3. The van der Waals surface area contributed by atoms with Gasteiger partial charge in [-0.1, -0.05) is 43.0 Å². The van der Waals surface area contributed by atoms with Crippen LogP contribution in [0.5, 0.6) is 5.75 Å². The number of carbonyl (C=O) groups excluding carboxylic acids is 1. The first-order chi connectivity index (χ1) is 15.4. The van der Waals surface area contributed by atoms with Gasteiger partial charge in [-0.2, -0.15) is 0 Å². The topological polar surface area (TPSA) is 69.0 Å². The van der Waals surface area contributed by atoms with E-state index < -0.39 is 0 Å². The highest BCUT2D eigenvalue weighted by Gasteiger charge is 2.20. The first-order valence-electron chi connectivity index (χ1n) is 10.7. The zero-order chi connectivity index (χ0) is 23.1. The normalized spacial score (nSPS) is 11.8. The van der Waals surface area contributed by atoms with E-state index in [1.54, 1.807) is 6.08 Å². The Kier molecular flexibility index (Phi) is 8.11. The molecular weight excluding hydrogens is 420 g/mol. The number of anilines is 1. The van der Waals surface area contributed by atoms with Crippen LogP contribution in [-0.2, 0) is 17.8 Å². The highest BCUT2D eigenvalue weighted by atomic mass is 32.2. The lowest BCUT2D eigenvalue weighted by Gasteiger charge is -2.16. The second-order valence-corrected chi connectivity index (χ2v) is 8.65. The molecule has 0 saturated heterocycles. The molecule has 0 aliphatic carbocycles. The van der Waals surface area contributed by atoms with Crippen LogP contribution in [0.1, 0.15) is 42.5 Å². The zero-order valence-electron chi connectivity index (χ0n) is 19.1. The van der Waals surface area contributed by atoms with E-state index in [1.807, 2.05) is 61.7 Å². The zero-order valence-corrected chi connectivity index (χ0v) is 19.9. The molecule has 6 nitrogen and oxygen atoms in total. The third-order valence-electron chi connectivity index (χ3n) is 4.91. The highest BCUT2D eigenvalue weighted by Crippen LogP contribution is 2.26. The molecule has 7 heteroatoms. The van der Waals surface area contributed by atoms with Crippen molar-refractivity contribution in [1.29, 1.82) is 0 Å². The number of allylic oxidation sites excluding steroid dienone is 1. The van der Waals surface area contributed by atoms with Gasteiger partial charge in [0, 0.05) is 12.2 Å². The average Bonchev–Trinajstić information content (AvgIpc) is 3.15. The molecule has 1 heterocycles. The van der Waals surface area contributed by atoms with Crippen molar-refractivity contribution in [2.45, 2.75) is 51.9 Å². The minimum absolute atomic E-state index is 0.0894. The molecule has 3 rings (SSSR count). The number of aromatic nitrogens is 3. The van der Waals surface area contributed by atoms with Crippen LogP contribution in [0, 0.1) is 13.8 Å². The summed E-state index contributed by atoms with van der Waals surface area (Å²) < 4.78 is 8.08. The van der Waals surface area contributed by atoms with Gasteiger partial charge < -0.3 is 10.1 Å². The number of hydrogen-bond acceptors (Lipinski definition) is 5. The maximum Gasteiger partial charge on any atom is 0.234 e. The maximum atomic E-state index is 12.4. The van der Waals surface area contributed by atoms with Crippen molar-refractivity contribution in [3.8, 4) is 5.75 Å². The molecule has 1 amide bonds. The molecule has 1 unspecified atom stereocenters. The lowest BCUT2D eigenvalue weighted by molar-refractivity contribution is -0.113. The van der Waals surface area contributed by atoms with Gasteiger partial charge >= 0.3 is 0 Å². The number of hydrogen-bond donors (Lipinski definition) is 1. The third kappa shape index (κ3) is 6.23.